The number of nitrogens with one attached hydrogen (secondary N) is 2. The number of aliphatic imine (C=N–C) groups is 1. The Labute approximate surface area is 211 Å². The molecule has 0 spiro atoms. The molecule has 1 aliphatic rings. The largest absolute Gasteiger partial charge is 0.480 e. The average Bonchev–Trinajstić information content (AvgIpc) is 3.31. The second kappa shape index (κ2) is 15.5. The lowest BCUT2D eigenvalue weighted by molar-refractivity contribution is -0.143. The molecule has 5 unspecified atom stereocenters. The lowest BCUT2D eigenvalue weighted by Gasteiger charge is -2.30. The molecule has 35 heavy (non-hydrogen) atoms. The summed E-state index contributed by atoms with van der Waals surface area (Å²) in [7, 11) is 0. The predicted octanol–water partition coefficient (Wildman–Crippen LogP) is -0.788. The van der Waals surface area contributed by atoms with E-state index in [9.17, 15) is 24.3 Å². The van der Waals surface area contributed by atoms with Crippen LogP contribution in [0.4, 0.5) is 0 Å². The third kappa shape index (κ3) is 9.92. The summed E-state index contributed by atoms with van der Waals surface area (Å²) in [6.45, 7) is 4.49. The number of carbonyl (C=O) groups excluding carboxylic acids is 3. The van der Waals surface area contributed by atoms with E-state index in [2.05, 4.69) is 15.6 Å². The minimum Gasteiger partial charge on any atom is -0.480 e. The van der Waals surface area contributed by atoms with Crippen LogP contribution in [0.15, 0.2) is 4.99 Å². The molecule has 13 heteroatoms. The van der Waals surface area contributed by atoms with Crippen molar-refractivity contribution in [1.82, 2.24) is 15.5 Å². The zero-order valence-corrected chi connectivity index (χ0v) is 21.7. The summed E-state index contributed by atoms with van der Waals surface area (Å²) in [5.74, 6) is -2.08. The van der Waals surface area contributed by atoms with Gasteiger partial charge in [0.1, 0.15) is 18.1 Å². The normalized spacial score (nSPS) is 18.7. The Morgan fingerprint density at radius 1 is 1.17 bits per heavy atom. The van der Waals surface area contributed by atoms with Gasteiger partial charge in [-0.25, -0.2) is 4.79 Å². The van der Waals surface area contributed by atoms with Crippen molar-refractivity contribution < 1.29 is 24.3 Å². The van der Waals surface area contributed by atoms with E-state index in [1.807, 2.05) is 20.1 Å². The minimum atomic E-state index is -1.15. The van der Waals surface area contributed by atoms with E-state index in [-0.39, 0.29) is 37.2 Å². The summed E-state index contributed by atoms with van der Waals surface area (Å²) in [5, 5.41) is 14.7. The first-order valence-electron chi connectivity index (χ1n) is 12.0. The summed E-state index contributed by atoms with van der Waals surface area (Å²) < 4.78 is 0. The number of carboxylic acids is 1. The fraction of sp³-hybridized carbons (Fsp3) is 0.773. The predicted molar refractivity (Wildman–Crippen MR) is 137 cm³/mol. The molecule has 0 aliphatic carbocycles. The van der Waals surface area contributed by atoms with Gasteiger partial charge in [0, 0.05) is 13.1 Å². The Kier molecular flexibility index (Phi) is 13.5. The third-order valence-electron chi connectivity index (χ3n) is 6.18. The van der Waals surface area contributed by atoms with Gasteiger partial charge in [0.15, 0.2) is 5.96 Å². The van der Waals surface area contributed by atoms with Crippen LogP contribution in [0, 0.1) is 5.92 Å². The van der Waals surface area contributed by atoms with Gasteiger partial charge in [0.2, 0.25) is 17.7 Å². The van der Waals surface area contributed by atoms with Gasteiger partial charge in [0.05, 0.1) is 6.04 Å². The van der Waals surface area contributed by atoms with Crippen molar-refractivity contribution in [2.45, 2.75) is 76.5 Å². The van der Waals surface area contributed by atoms with Crippen molar-refractivity contribution in [2.75, 3.05) is 25.1 Å². The molecule has 0 radical (unpaired) electrons. The molecule has 0 aromatic rings. The number of thioether (sulfide) groups is 1. The number of likely N-dealkylation sites (tertiary alicyclic amines) is 1. The molecule has 0 bridgehead atoms. The maximum Gasteiger partial charge on any atom is 0.326 e. The molecule has 3 amide bonds. The second-order valence-corrected chi connectivity index (χ2v) is 9.78. The highest BCUT2D eigenvalue weighted by Crippen LogP contribution is 2.21. The molecule has 1 fully saturated rings. The first-order chi connectivity index (χ1) is 16.5. The highest BCUT2D eigenvalue weighted by molar-refractivity contribution is 7.98. The first kappa shape index (κ1) is 30.5. The van der Waals surface area contributed by atoms with Crippen LogP contribution >= 0.6 is 11.8 Å². The second-order valence-electron chi connectivity index (χ2n) is 8.79. The number of guanidine groups is 1. The standard InChI is InChI=1S/C22H41N7O5S/c1-4-13(2)17(23)20(32)29-11-6-8-16(29)19(31)27-14(7-5-10-26-22(24)25)18(30)28-15(21(33)34)9-12-35-3/h13-17H,4-12,23H2,1-3H3,(H,27,31)(H,28,30)(H,33,34)(H4,24,25,26). The topological polar surface area (TPSA) is 206 Å². The van der Waals surface area contributed by atoms with Crippen molar-refractivity contribution in [3.8, 4) is 0 Å². The molecule has 200 valence electrons. The SMILES string of the molecule is CCC(C)C(N)C(=O)N1CCCC1C(=O)NC(CCCN=C(N)N)C(=O)NC(CCSC)C(=O)O. The van der Waals surface area contributed by atoms with Gasteiger partial charge in [-0.3, -0.25) is 19.4 Å². The molecule has 0 aromatic heterocycles. The van der Waals surface area contributed by atoms with E-state index in [0.717, 1.165) is 6.42 Å². The molecule has 1 heterocycles. The molecule has 0 saturated carbocycles. The number of amides is 3. The molecule has 1 rings (SSSR count). The van der Waals surface area contributed by atoms with Crippen LogP contribution in [0.1, 0.15) is 52.4 Å². The molecule has 9 N–H and O–H groups in total. The molecule has 0 aromatic carbocycles. The van der Waals surface area contributed by atoms with E-state index in [1.54, 1.807) is 0 Å². The van der Waals surface area contributed by atoms with Gasteiger partial charge in [-0.2, -0.15) is 11.8 Å². The zero-order chi connectivity index (χ0) is 26.5. The van der Waals surface area contributed by atoms with E-state index < -0.39 is 42.0 Å². The van der Waals surface area contributed by atoms with Crippen LogP contribution in [0.2, 0.25) is 0 Å². The van der Waals surface area contributed by atoms with E-state index in [0.29, 0.717) is 31.6 Å². The van der Waals surface area contributed by atoms with E-state index in [4.69, 9.17) is 17.2 Å². The van der Waals surface area contributed by atoms with E-state index in [1.165, 1.54) is 16.7 Å². The monoisotopic (exact) mass is 515 g/mol. The number of carbonyl (C=O) groups is 4. The Balaban J connectivity index is 2.96. The number of rotatable bonds is 15. The Bertz CT molecular complexity index is 762. The molecule has 1 aliphatic heterocycles. The van der Waals surface area contributed by atoms with Crippen LogP contribution in [-0.2, 0) is 19.2 Å². The van der Waals surface area contributed by atoms with Crippen molar-refractivity contribution in [3.63, 3.8) is 0 Å². The number of nitrogens with two attached hydrogens (primary N) is 3. The number of hydrogen-bond donors (Lipinski definition) is 6. The van der Waals surface area contributed by atoms with Gasteiger partial charge in [-0.1, -0.05) is 20.3 Å². The number of aliphatic carboxylic acids is 1. The molecule has 1 saturated heterocycles. The van der Waals surface area contributed by atoms with E-state index >= 15 is 0 Å². The summed E-state index contributed by atoms with van der Waals surface area (Å²) in [5.41, 5.74) is 16.8. The quantitative estimate of drug-likeness (QED) is 0.0916. The third-order valence-corrected chi connectivity index (χ3v) is 6.83. The Hall–Kier alpha value is -2.54. The first-order valence-corrected chi connectivity index (χ1v) is 13.4. The van der Waals surface area contributed by atoms with Crippen LogP contribution < -0.4 is 27.8 Å². The lowest BCUT2D eigenvalue weighted by Crippen LogP contribution is -2.57. The molecule has 12 nitrogen and oxygen atoms in total. The average molecular weight is 516 g/mol. The van der Waals surface area contributed by atoms with Crippen LogP contribution in [-0.4, -0.2) is 88.9 Å². The maximum atomic E-state index is 13.2. The zero-order valence-electron chi connectivity index (χ0n) is 20.9. The minimum absolute atomic E-state index is 0.0323. The van der Waals surface area contributed by atoms with Gasteiger partial charge in [-0.05, 0) is 50.0 Å². The lowest BCUT2D eigenvalue weighted by atomic mass is 9.98. The van der Waals surface area contributed by atoms with Gasteiger partial charge < -0.3 is 37.8 Å². The van der Waals surface area contributed by atoms with Crippen LogP contribution in [0.3, 0.4) is 0 Å². The number of carboxylic acid groups (broad SMARTS) is 1. The smallest absolute Gasteiger partial charge is 0.326 e. The van der Waals surface area contributed by atoms with Gasteiger partial charge in [0.25, 0.3) is 0 Å². The van der Waals surface area contributed by atoms with Crippen LogP contribution in [0.5, 0.6) is 0 Å². The summed E-state index contributed by atoms with van der Waals surface area (Å²) in [6, 6.07) is -3.53. The summed E-state index contributed by atoms with van der Waals surface area (Å²) in [6.07, 6.45) is 4.50. The molecular formula is C22H41N7O5S. The highest BCUT2D eigenvalue weighted by Gasteiger charge is 2.38. The fourth-order valence-corrected chi connectivity index (χ4v) is 4.27. The van der Waals surface area contributed by atoms with Crippen molar-refractivity contribution in [2.24, 2.45) is 28.1 Å². The molecular weight excluding hydrogens is 474 g/mol. The van der Waals surface area contributed by atoms with Gasteiger partial charge in [-0.15, -0.1) is 0 Å². The summed E-state index contributed by atoms with van der Waals surface area (Å²) >= 11 is 1.47. The molecule has 5 atom stereocenters. The van der Waals surface area contributed by atoms with Crippen molar-refractivity contribution in [3.05, 3.63) is 0 Å². The highest BCUT2D eigenvalue weighted by atomic mass is 32.2. The van der Waals surface area contributed by atoms with Crippen molar-refractivity contribution in [1.29, 1.82) is 0 Å². The van der Waals surface area contributed by atoms with Crippen molar-refractivity contribution >= 4 is 41.4 Å². The number of nitrogens with zero attached hydrogens (tertiary/aromatic N) is 2. The Morgan fingerprint density at radius 2 is 1.86 bits per heavy atom. The Morgan fingerprint density at radius 3 is 2.43 bits per heavy atom. The van der Waals surface area contributed by atoms with Crippen LogP contribution in [0.25, 0.3) is 0 Å². The van der Waals surface area contributed by atoms with Gasteiger partial charge >= 0.3 is 5.97 Å². The summed E-state index contributed by atoms with van der Waals surface area (Å²) in [4.78, 5) is 56.0. The maximum absolute atomic E-state index is 13.2. The number of hydrogen-bond acceptors (Lipinski definition) is 7. The fourth-order valence-electron chi connectivity index (χ4n) is 3.80.